The number of hydrogen-bond donors (Lipinski definition) is 1. The Morgan fingerprint density at radius 2 is 2.10 bits per heavy atom. The topological polar surface area (TPSA) is 55.1 Å². The molecule has 1 aromatic heterocycles. The van der Waals surface area contributed by atoms with Gasteiger partial charge in [0.05, 0.1) is 22.9 Å². The van der Waals surface area contributed by atoms with Crippen LogP contribution in [0.2, 0.25) is 0 Å². The fourth-order valence-electron chi connectivity index (χ4n) is 2.34. The van der Waals surface area contributed by atoms with Crippen molar-refractivity contribution in [2.75, 3.05) is 0 Å². The highest BCUT2D eigenvalue weighted by Crippen LogP contribution is 2.20. The Bertz CT molecular complexity index is 839. The molecule has 0 saturated carbocycles. The van der Waals surface area contributed by atoms with Crippen LogP contribution in [0.15, 0.2) is 47.2 Å². The van der Waals surface area contributed by atoms with Gasteiger partial charge in [-0.1, -0.05) is 22.0 Å². The van der Waals surface area contributed by atoms with Gasteiger partial charge in [-0.15, -0.1) is 0 Å². The number of aromatic carboxylic acids is 1. The third kappa shape index (κ3) is 2.69. The quantitative estimate of drug-likeness (QED) is 0.784. The third-order valence-corrected chi connectivity index (χ3v) is 4.01. The van der Waals surface area contributed by atoms with E-state index in [1.807, 2.05) is 10.6 Å². The highest BCUT2D eigenvalue weighted by Gasteiger charge is 2.09. The first-order valence-electron chi connectivity index (χ1n) is 6.48. The van der Waals surface area contributed by atoms with Gasteiger partial charge in [-0.05, 0) is 48.4 Å². The van der Waals surface area contributed by atoms with Gasteiger partial charge in [0.15, 0.2) is 0 Å². The van der Waals surface area contributed by atoms with E-state index in [1.54, 1.807) is 24.5 Å². The van der Waals surface area contributed by atoms with E-state index in [9.17, 15) is 4.79 Å². The Morgan fingerprint density at radius 3 is 2.81 bits per heavy atom. The molecule has 21 heavy (non-hydrogen) atoms. The van der Waals surface area contributed by atoms with Gasteiger partial charge in [0.25, 0.3) is 0 Å². The minimum Gasteiger partial charge on any atom is -0.478 e. The molecule has 0 atom stereocenters. The molecule has 0 radical (unpaired) electrons. The molecule has 1 N–H and O–H groups in total. The molecule has 0 bridgehead atoms. The summed E-state index contributed by atoms with van der Waals surface area (Å²) in [6, 6.07) is 11.2. The molecule has 0 aliphatic rings. The van der Waals surface area contributed by atoms with Gasteiger partial charge in [0, 0.05) is 11.0 Å². The largest absolute Gasteiger partial charge is 0.478 e. The van der Waals surface area contributed by atoms with Crippen LogP contribution in [0.25, 0.3) is 11.0 Å². The highest BCUT2D eigenvalue weighted by molar-refractivity contribution is 9.10. The smallest absolute Gasteiger partial charge is 0.335 e. The number of fused-ring (bicyclic) bond motifs is 1. The lowest BCUT2D eigenvalue weighted by molar-refractivity contribution is 0.0697. The van der Waals surface area contributed by atoms with E-state index < -0.39 is 5.97 Å². The number of carboxylic acids is 1. The van der Waals surface area contributed by atoms with Gasteiger partial charge in [-0.2, -0.15) is 0 Å². The molecule has 3 rings (SSSR count). The number of imidazole rings is 1. The lowest BCUT2D eigenvalue weighted by atomic mass is 10.1. The van der Waals surface area contributed by atoms with Gasteiger partial charge >= 0.3 is 5.97 Å². The minimum absolute atomic E-state index is 0.257. The molecule has 0 fully saturated rings. The Morgan fingerprint density at radius 1 is 1.29 bits per heavy atom. The first kappa shape index (κ1) is 13.8. The summed E-state index contributed by atoms with van der Waals surface area (Å²) in [4.78, 5) is 15.3. The molecule has 2 aromatic carbocycles. The van der Waals surface area contributed by atoms with E-state index >= 15 is 0 Å². The second-order valence-corrected chi connectivity index (χ2v) is 5.87. The van der Waals surface area contributed by atoms with Gasteiger partial charge in [-0.25, -0.2) is 9.78 Å². The van der Waals surface area contributed by atoms with Crippen molar-refractivity contribution >= 4 is 32.9 Å². The Hall–Kier alpha value is -2.14. The van der Waals surface area contributed by atoms with Crippen LogP contribution in [0.4, 0.5) is 0 Å². The van der Waals surface area contributed by atoms with E-state index in [0.717, 1.165) is 9.99 Å². The average molecular weight is 345 g/mol. The first-order chi connectivity index (χ1) is 10.0. The molecule has 106 valence electrons. The van der Waals surface area contributed by atoms with E-state index in [2.05, 4.69) is 40.0 Å². The van der Waals surface area contributed by atoms with Crippen molar-refractivity contribution in [1.82, 2.24) is 9.55 Å². The van der Waals surface area contributed by atoms with Gasteiger partial charge in [-0.3, -0.25) is 0 Å². The van der Waals surface area contributed by atoms with Crippen molar-refractivity contribution in [3.63, 3.8) is 0 Å². The van der Waals surface area contributed by atoms with Crippen molar-refractivity contribution in [2.45, 2.75) is 13.5 Å². The molecule has 4 nitrogen and oxygen atoms in total. The molecule has 0 aliphatic carbocycles. The SMILES string of the molecule is Cc1cc(Br)ccc1Cn1cnc2cc(C(=O)O)ccc21. The maximum atomic E-state index is 11.0. The van der Waals surface area contributed by atoms with Crippen molar-refractivity contribution in [2.24, 2.45) is 0 Å². The zero-order chi connectivity index (χ0) is 15.0. The van der Waals surface area contributed by atoms with E-state index in [4.69, 9.17) is 5.11 Å². The molecular weight excluding hydrogens is 332 g/mol. The number of carbonyl (C=O) groups is 1. The number of hydrogen-bond acceptors (Lipinski definition) is 2. The van der Waals surface area contributed by atoms with Gasteiger partial charge in [0.2, 0.25) is 0 Å². The van der Waals surface area contributed by atoms with E-state index in [1.165, 1.54) is 11.1 Å². The zero-order valence-corrected chi connectivity index (χ0v) is 13.0. The Labute approximate surface area is 130 Å². The van der Waals surface area contributed by atoms with Crippen LogP contribution in [0.1, 0.15) is 21.5 Å². The van der Waals surface area contributed by atoms with Crippen LogP contribution in [-0.4, -0.2) is 20.6 Å². The summed E-state index contributed by atoms with van der Waals surface area (Å²) < 4.78 is 3.09. The van der Waals surface area contributed by atoms with Crippen molar-refractivity contribution in [1.29, 1.82) is 0 Å². The maximum Gasteiger partial charge on any atom is 0.335 e. The monoisotopic (exact) mass is 344 g/mol. The Kier molecular flexibility index (Phi) is 3.51. The molecule has 5 heteroatoms. The summed E-state index contributed by atoms with van der Waals surface area (Å²) in [6.07, 6.45) is 1.75. The second-order valence-electron chi connectivity index (χ2n) is 4.95. The second kappa shape index (κ2) is 5.33. The molecule has 3 aromatic rings. The zero-order valence-electron chi connectivity index (χ0n) is 11.4. The number of benzene rings is 2. The average Bonchev–Trinajstić information content (AvgIpc) is 2.84. The van der Waals surface area contributed by atoms with Crippen molar-refractivity contribution in [3.8, 4) is 0 Å². The highest BCUT2D eigenvalue weighted by atomic mass is 79.9. The predicted molar refractivity (Wildman–Crippen MR) is 84.7 cm³/mol. The summed E-state index contributed by atoms with van der Waals surface area (Å²) in [5.41, 5.74) is 4.30. The predicted octanol–water partition coefficient (Wildman–Crippen LogP) is 3.85. The van der Waals surface area contributed by atoms with Gasteiger partial charge < -0.3 is 9.67 Å². The normalized spacial score (nSPS) is 11.0. The van der Waals surface area contributed by atoms with Crippen LogP contribution in [0.5, 0.6) is 0 Å². The van der Waals surface area contributed by atoms with Crippen LogP contribution in [-0.2, 0) is 6.54 Å². The summed E-state index contributed by atoms with van der Waals surface area (Å²) in [5, 5.41) is 9.01. The fraction of sp³-hybridized carbons (Fsp3) is 0.125. The molecule has 0 saturated heterocycles. The number of carboxylic acid groups (broad SMARTS) is 1. The summed E-state index contributed by atoms with van der Waals surface area (Å²) in [6.45, 7) is 2.78. The van der Waals surface area contributed by atoms with Gasteiger partial charge in [0.1, 0.15) is 0 Å². The van der Waals surface area contributed by atoms with Crippen LogP contribution < -0.4 is 0 Å². The molecule has 0 aliphatic heterocycles. The number of nitrogens with zero attached hydrogens (tertiary/aromatic N) is 2. The van der Waals surface area contributed by atoms with Crippen LogP contribution in [0.3, 0.4) is 0 Å². The summed E-state index contributed by atoms with van der Waals surface area (Å²) in [7, 11) is 0. The number of rotatable bonds is 3. The Balaban J connectivity index is 1.99. The first-order valence-corrected chi connectivity index (χ1v) is 7.27. The molecular formula is C16H13BrN2O2. The number of aromatic nitrogens is 2. The molecule has 0 unspecified atom stereocenters. The fourth-order valence-corrected chi connectivity index (χ4v) is 2.82. The van der Waals surface area contributed by atoms with E-state index in [-0.39, 0.29) is 5.56 Å². The lowest BCUT2D eigenvalue weighted by Gasteiger charge is -2.08. The third-order valence-electron chi connectivity index (χ3n) is 3.51. The summed E-state index contributed by atoms with van der Waals surface area (Å²) in [5.74, 6) is -0.935. The summed E-state index contributed by atoms with van der Waals surface area (Å²) >= 11 is 3.46. The lowest BCUT2D eigenvalue weighted by Crippen LogP contribution is -2.00. The number of aryl methyl sites for hydroxylation is 1. The molecule has 0 amide bonds. The minimum atomic E-state index is -0.935. The van der Waals surface area contributed by atoms with E-state index in [0.29, 0.717) is 12.1 Å². The van der Waals surface area contributed by atoms with Crippen molar-refractivity contribution in [3.05, 3.63) is 63.9 Å². The molecule has 1 heterocycles. The standard InChI is InChI=1S/C16H13BrN2O2/c1-10-6-13(17)4-2-12(10)8-19-9-18-14-7-11(16(20)21)3-5-15(14)19/h2-7,9H,8H2,1H3,(H,20,21). The number of halogens is 1. The maximum absolute atomic E-state index is 11.0. The van der Waals surface area contributed by atoms with Crippen LogP contribution in [0, 0.1) is 6.92 Å². The van der Waals surface area contributed by atoms with Crippen LogP contribution >= 0.6 is 15.9 Å². The molecule has 0 spiro atoms. The van der Waals surface area contributed by atoms with Crippen molar-refractivity contribution < 1.29 is 9.90 Å².